The number of piperidine rings is 1. The number of hydrogen-bond donors (Lipinski definition) is 5. The molecule has 0 aliphatic carbocycles. The number of anilines is 2. The molecule has 0 unspecified atom stereocenters. The van der Waals surface area contributed by atoms with Gasteiger partial charge in [0, 0.05) is 31.4 Å². The third-order valence-corrected chi connectivity index (χ3v) is 7.82. The number of ether oxygens (including phenoxy) is 1. The molecule has 2 bridgehead atoms. The van der Waals surface area contributed by atoms with Gasteiger partial charge >= 0.3 is 0 Å². The lowest BCUT2D eigenvalue weighted by molar-refractivity contribution is -0.383. The van der Waals surface area contributed by atoms with Gasteiger partial charge in [0.15, 0.2) is 0 Å². The first kappa shape index (κ1) is 25.8. The molecule has 6 atom stereocenters. The fourth-order valence-corrected chi connectivity index (χ4v) is 5.79. The number of β-amino-alcohol motifs (C(OH)–C–C–N with tert-alkyl or cyclic N) is 1. The van der Waals surface area contributed by atoms with E-state index in [2.05, 4.69) is 10.2 Å². The number of fused-ring (bicyclic) bond motifs is 2. The molecule has 0 spiro atoms. The third kappa shape index (κ3) is 5.28. The van der Waals surface area contributed by atoms with Crippen LogP contribution < -0.4 is 10.2 Å². The first-order valence-corrected chi connectivity index (χ1v) is 12.7. The van der Waals surface area contributed by atoms with E-state index in [-0.39, 0.29) is 35.8 Å². The van der Waals surface area contributed by atoms with Gasteiger partial charge < -0.3 is 35.4 Å². The third-order valence-electron chi connectivity index (χ3n) is 7.82. The summed E-state index contributed by atoms with van der Waals surface area (Å²) in [5, 5.41) is 54.8. The Hall–Kier alpha value is -2.80. The summed E-state index contributed by atoms with van der Waals surface area (Å²) in [7, 11) is 0. The first-order valence-electron chi connectivity index (χ1n) is 12.7. The maximum Gasteiger partial charge on any atom is 0.294 e. The average molecular weight is 515 g/mol. The predicted molar refractivity (Wildman–Crippen MR) is 136 cm³/mol. The van der Waals surface area contributed by atoms with Gasteiger partial charge in [0.1, 0.15) is 17.9 Å². The monoisotopic (exact) mass is 514 g/mol. The van der Waals surface area contributed by atoms with Crippen LogP contribution in [0, 0.1) is 10.1 Å². The van der Waals surface area contributed by atoms with Crippen molar-refractivity contribution in [3.05, 3.63) is 63.7 Å². The zero-order chi connectivity index (χ0) is 26.1. The summed E-state index contributed by atoms with van der Waals surface area (Å²) in [4.78, 5) is 15.5. The lowest BCUT2D eigenvalue weighted by atomic mass is 9.93. The smallest absolute Gasteiger partial charge is 0.294 e. The Morgan fingerprint density at radius 2 is 1.68 bits per heavy atom. The minimum Gasteiger partial charge on any atom is -0.395 e. The number of likely N-dealkylation sites (tertiary alicyclic amines) is 1. The van der Waals surface area contributed by atoms with Crippen molar-refractivity contribution in [2.75, 3.05) is 36.6 Å². The molecule has 37 heavy (non-hydrogen) atoms. The lowest BCUT2D eigenvalue weighted by Crippen LogP contribution is -2.62. The molecule has 3 fully saturated rings. The van der Waals surface area contributed by atoms with E-state index in [1.54, 1.807) is 17.0 Å². The summed E-state index contributed by atoms with van der Waals surface area (Å²) in [5.41, 5.74) is 3.20. The molecule has 0 saturated carbocycles. The molecule has 3 aliphatic rings. The summed E-state index contributed by atoms with van der Waals surface area (Å²) >= 11 is 0. The summed E-state index contributed by atoms with van der Waals surface area (Å²) in [6.45, 7) is 1.89. The number of aliphatic hydroxyl groups is 4. The Balaban J connectivity index is 1.23. The van der Waals surface area contributed by atoms with Crippen LogP contribution in [-0.2, 0) is 17.8 Å². The molecule has 0 aromatic heterocycles. The normalized spacial score (nSPS) is 29.9. The average Bonchev–Trinajstić information content (AvgIpc) is 3.14. The molecule has 11 nitrogen and oxygen atoms in total. The van der Waals surface area contributed by atoms with Gasteiger partial charge in [-0.25, -0.2) is 0 Å². The molecule has 200 valence electrons. The Morgan fingerprint density at radius 1 is 1.00 bits per heavy atom. The molecule has 11 heteroatoms. The van der Waals surface area contributed by atoms with Gasteiger partial charge in [0.05, 0.1) is 49.0 Å². The van der Waals surface area contributed by atoms with E-state index in [9.17, 15) is 30.5 Å². The highest BCUT2D eigenvalue weighted by Crippen LogP contribution is 2.37. The van der Waals surface area contributed by atoms with Gasteiger partial charge in [-0.1, -0.05) is 24.3 Å². The van der Waals surface area contributed by atoms with Crippen molar-refractivity contribution < 1.29 is 30.1 Å². The maximum atomic E-state index is 11.8. The van der Waals surface area contributed by atoms with Gasteiger partial charge in [-0.05, 0) is 36.1 Å². The van der Waals surface area contributed by atoms with Crippen LogP contribution in [0.25, 0.3) is 0 Å². The molecule has 5 N–H and O–H groups in total. The Labute approximate surface area is 215 Å². The summed E-state index contributed by atoms with van der Waals surface area (Å²) in [6.07, 6.45) is -1.55. The summed E-state index contributed by atoms with van der Waals surface area (Å²) in [6, 6.07) is 12.9. The van der Waals surface area contributed by atoms with Crippen LogP contribution in [0.2, 0.25) is 0 Å². The van der Waals surface area contributed by atoms with Crippen LogP contribution in [0.5, 0.6) is 0 Å². The standard InChI is InChI=1S/C26H34N4O7/c31-13-23-25(33)26(34)24(32)12-28(23)11-17-3-1-16(2-4-17)10-27-21-8-7-18(9-22(21)30(35)36)29-19-5-6-20(29)15-37-14-19/h1-4,7-9,19-20,23-27,31-34H,5-6,10-15H2/t19-,20+,23-,24+,25-,26-/m0/s1. The zero-order valence-electron chi connectivity index (χ0n) is 20.5. The fourth-order valence-electron chi connectivity index (χ4n) is 5.79. The number of aliphatic hydroxyl groups excluding tert-OH is 4. The second kappa shape index (κ2) is 10.9. The topological polar surface area (TPSA) is 152 Å². The molecule has 2 aromatic rings. The number of nitrogens with one attached hydrogen (secondary N) is 1. The first-order chi connectivity index (χ1) is 17.9. The minimum absolute atomic E-state index is 0.0412. The Bertz CT molecular complexity index is 1080. The van der Waals surface area contributed by atoms with Crippen molar-refractivity contribution in [1.29, 1.82) is 0 Å². The van der Waals surface area contributed by atoms with E-state index in [0.29, 0.717) is 32.0 Å². The fraction of sp³-hybridized carbons (Fsp3) is 0.538. The molecular formula is C26H34N4O7. The predicted octanol–water partition coefficient (Wildman–Crippen LogP) is 0.834. The van der Waals surface area contributed by atoms with Gasteiger partial charge in [-0.2, -0.15) is 0 Å². The van der Waals surface area contributed by atoms with Crippen molar-refractivity contribution in [1.82, 2.24) is 4.90 Å². The second-order valence-corrected chi connectivity index (χ2v) is 10.2. The van der Waals surface area contributed by atoms with Crippen LogP contribution in [0.15, 0.2) is 42.5 Å². The van der Waals surface area contributed by atoms with Gasteiger partial charge in [-0.15, -0.1) is 0 Å². The molecule has 0 amide bonds. The quantitative estimate of drug-likeness (QED) is 0.253. The number of morpholine rings is 1. The number of nitrogens with zero attached hydrogens (tertiary/aromatic N) is 3. The van der Waals surface area contributed by atoms with Crippen LogP contribution >= 0.6 is 0 Å². The number of hydrogen-bond acceptors (Lipinski definition) is 10. The van der Waals surface area contributed by atoms with Gasteiger partial charge in [-0.3, -0.25) is 15.0 Å². The summed E-state index contributed by atoms with van der Waals surface area (Å²) in [5.74, 6) is 0. The number of rotatable bonds is 8. The molecule has 5 rings (SSSR count). The van der Waals surface area contributed by atoms with Crippen LogP contribution in [0.1, 0.15) is 24.0 Å². The molecular weight excluding hydrogens is 480 g/mol. The largest absolute Gasteiger partial charge is 0.395 e. The SMILES string of the molecule is O=[N+]([O-])c1cc(N2[C@@H]3CC[C@H]2COC3)ccc1NCc1ccc(CN2C[C@@H](O)[C@H](O)[C@@H](O)[C@@H]2CO)cc1. The van der Waals surface area contributed by atoms with E-state index in [1.807, 2.05) is 30.3 Å². The molecule has 3 heterocycles. The van der Waals surface area contributed by atoms with Crippen molar-refractivity contribution in [3.8, 4) is 0 Å². The van der Waals surface area contributed by atoms with Gasteiger partial charge in [0.25, 0.3) is 5.69 Å². The number of nitro benzene ring substituents is 1. The highest BCUT2D eigenvalue weighted by Gasteiger charge is 2.41. The minimum atomic E-state index is -1.29. The maximum absolute atomic E-state index is 11.8. The van der Waals surface area contributed by atoms with E-state index < -0.39 is 24.4 Å². The zero-order valence-corrected chi connectivity index (χ0v) is 20.5. The van der Waals surface area contributed by atoms with E-state index >= 15 is 0 Å². The molecule has 2 aromatic carbocycles. The van der Waals surface area contributed by atoms with E-state index in [0.717, 1.165) is 29.7 Å². The highest BCUT2D eigenvalue weighted by molar-refractivity contribution is 5.69. The Morgan fingerprint density at radius 3 is 2.32 bits per heavy atom. The Kier molecular flexibility index (Phi) is 7.61. The molecule has 3 saturated heterocycles. The lowest BCUT2D eigenvalue weighted by Gasteiger charge is -2.43. The van der Waals surface area contributed by atoms with E-state index in [1.165, 1.54) is 0 Å². The van der Waals surface area contributed by atoms with Crippen molar-refractivity contribution in [2.24, 2.45) is 0 Å². The second-order valence-electron chi connectivity index (χ2n) is 10.2. The summed E-state index contributed by atoms with van der Waals surface area (Å²) < 4.78 is 5.64. The van der Waals surface area contributed by atoms with Gasteiger partial charge in [0.2, 0.25) is 0 Å². The number of benzene rings is 2. The number of nitro groups is 1. The van der Waals surface area contributed by atoms with Crippen molar-refractivity contribution in [3.63, 3.8) is 0 Å². The van der Waals surface area contributed by atoms with Crippen LogP contribution in [-0.4, -0.2) is 93.1 Å². The molecule has 3 aliphatic heterocycles. The van der Waals surface area contributed by atoms with Crippen LogP contribution in [0.4, 0.5) is 17.1 Å². The van der Waals surface area contributed by atoms with E-state index in [4.69, 9.17) is 4.74 Å². The molecule has 0 radical (unpaired) electrons. The van der Waals surface area contributed by atoms with Crippen molar-refractivity contribution in [2.45, 2.75) is 62.4 Å². The van der Waals surface area contributed by atoms with Crippen molar-refractivity contribution >= 4 is 17.1 Å². The highest BCUT2D eigenvalue weighted by atomic mass is 16.6. The van der Waals surface area contributed by atoms with Crippen LogP contribution in [0.3, 0.4) is 0 Å².